The van der Waals surface area contributed by atoms with E-state index in [9.17, 15) is 5.11 Å². The normalized spacial score (nSPS) is 13.0. The molecule has 0 aliphatic rings. The van der Waals surface area contributed by atoms with Gasteiger partial charge in [0.2, 0.25) is 0 Å². The largest absolute Gasteiger partial charge is 0.389 e. The molecule has 0 spiro atoms. The molecule has 0 saturated heterocycles. The highest BCUT2D eigenvalue weighted by atomic mass is 35.5. The van der Waals surface area contributed by atoms with Gasteiger partial charge in [0.1, 0.15) is 5.15 Å². The molecule has 0 fully saturated rings. The van der Waals surface area contributed by atoms with Gasteiger partial charge in [-0.2, -0.15) is 0 Å². The summed E-state index contributed by atoms with van der Waals surface area (Å²) < 4.78 is 0. The van der Waals surface area contributed by atoms with Gasteiger partial charge in [-0.25, -0.2) is 4.98 Å². The van der Waals surface area contributed by atoms with Gasteiger partial charge in [0.15, 0.2) is 0 Å². The number of hydrogen-bond donors (Lipinski definition) is 1. The number of nitrogens with zero attached hydrogens (tertiary/aromatic N) is 1. The molecule has 0 amide bonds. The molecule has 0 radical (unpaired) electrons. The number of aryl methyl sites for hydroxylation is 1. The number of halogens is 1. The summed E-state index contributed by atoms with van der Waals surface area (Å²) >= 11 is 6.00. The number of rotatable bonds is 2. The Morgan fingerprint density at radius 1 is 1.38 bits per heavy atom. The number of aliphatic hydroxyl groups is 1. The molecule has 0 unspecified atom stereocenters. The van der Waals surface area contributed by atoms with E-state index in [-0.39, 0.29) is 0 Å². The van der Waals surface area contributed by atoms with Crippen molar-refractivity contribution >= 4 is 22.5 Å². The van der Waals surface area contributed by atoms with Crippen LogP contribution in [0, 0.1) is 0 Å². The average molecular weight is 236 g/mol. The summed E-state index contributed by atoms with van der Waals surface area (Å²) in [4.78, 5) is 4.28. The zero-order valence-corrected chi connectivity index (χ0v) is 10.1. The van der Waals surface area contributed by atoms with Gasteiger partial charge >= 0.3 is 0 Å². The van der Waals surface area contributed by atoms with Gasteiger partial charge < -0.3 is 5.11 Å². The maximum absolute atomic E-state index is 9.57. The summed E-state index contributed by atoms with van der Waals surface area (Å²) in [6.07, 6.45) is 0.400. The lowest BCUT2D eigenvalue weighted by atomic mass is 10.1. The molecule has 16 heavy (non-hydrogen) atoms. The van der Waals surface area contributed by atoms with Crippen molar-refractivity contribution in [2.45, 2.75) is 26.4 Å². The fraction of sp³-hybridized carbons (Fsp3) is 0.308. The fourth-order valence-electron chi connectivity index (χ4n) is 1.73. The second kappa shape index (κ2) is 4.40. The third kappa shape index (κ3) is 2.04. The Morgan fingerprint density at radius 2 is 2.12 bits per heavy atom. The number of aliphatic hydroxyl groups excluding tert-OH is 1. The average Bonchev–Trinajstić information content (AvgIpc) is 2.27. The van der Waals surface area contributed by atoms with Crippen molar-refractivity contribution < 1.29 is 5.11 Å². The second-order valence-corrected chi connectivity index (χ2v) is 4.28. The lowest BCUT2D eigenvalue weighted by Crippen LogP contribution is -1.95. The lowest BCUT2D eigenvalue weighted by molar-refractivity contribution is 0.199. The van der Waals surface area contributed by atoms with Crippen LogP contribution in [0.4, 0.5) is 0 Å². The predicted octanol–water partition coefficient (Wildman–Crippen LogP) is 3.50. The van der Waals surface area contributed by atoms with Crippen LogP contribution in [0.2, 0.25) is 5.15 Å². The van der Waals surface area contributed by atoms with Crippen LogP contribution in [0.3, 0.4) is 0 Å². The van der Waals surface area contributed by atoms with Crippen molar-refractivity contribution in [1.29, 1.82) is 0 Å². The second-order valence-electron chi connectivity index (χ2n) is 3.92. The van der Waals surface area contributed by atoms with Crippen molar-refractivity contribution in [2.75, 3.05) is 0 Å². The fourth-order valence-corrected chi connectivity index (χ4v) is 2.04. The molecule has 84 valence electrons. The maximum Gasteiger partial charge on any atom is 0.135 e. The third-order valence-electron chi connectivity index (χ3n) is 2.72. The van der Waals surface area contributed by atoms with Crippen LogP contribution in [0.25, 0.3) is 10.9 Å². The van der Waals surface area contributed by atoms with Crippen molar-refractivity contribution in [2.24, 2.45) is 0 Å². The molecular weight excluding hydrogens is 222 g/mol. The van der Waals surface area contributed by atoms with Crippen molar-refractivity contribution in [1.82, 2.24) is 4.98 Å². The summed E-state index contributed by atoms with van der Waals surface area (Å²) in [7, 11) is 0. The van der Waals surface area contributed by atoms with E-state index in [1.165, 1.54) is 5.56 Å². The molecule has 3 heteroatoms. The Morgan fingerprint density at radius 3 is 2.75 bits per heavy atom. The third-order valence-corrected chi connectivity index (χ3v) is 3.02. The smallest absolute Gasteiger partial charge is 0.135 e. The Labute approximate surface area is 99.9 Å². The van der Waals surface area contributed by atoms with E-state index >= 15 is 0 Å². The molecule has 0 aliphatic heterocycles. The van der Waals surface area contributed by atoms with E-state index in [1.54, 1.807) is 6.92 Å². The van der Waals surface area contributed by atoms with Gasteiger partial charge in [0, 0.05) is 10.9 Å². The minimum absolute atomic E-state index is 0.381. The zero-order chi connectivity index (χ0) is 11.7. The van der Waals surface area contributed by atoms with Crippen LogP contribution in [0.1, 0.15) is 31.1 Å². The molecule has 0 bridgehead atoms. The molecule has 2 rings (SSSR count). The highest BCUT2D eigenvalue weighted by Gasteiger charge is 2.09. The molecule has 2 aromatic rings. The van der Waals surface area contributed by atoms with E-state index in [0.29, 0.717) is 10.7 Å². The summed E-state index contributed by atoms with van der Waals surface area (Å²) in [6.45, 7) is 3.80. The van der Waals surface area contributed by atoms with Crippen LogP contribution < -0.4 is 0 Å². The Kier molecular flexibility index (Phi) is 3.13. The minimum atomic E-state index is -0.588. The minimum Gasteiger partial charge on any atom is -0.389 e. The Balaban J connectivity index is 2.65. The van der Waals surface area contributed by atoms with Crippen LogP contribution in [0.5, 0.6) is 0 Å². The monoisotopic (exact) mass is 235 g/mol. The first kappa shape index (κ1) is 11.4. The molecule has 0 saturated carbocycles. The maximum atomic E-state index is 9.57. The number of pyridine rings is 1. The topological polar surface area (TPSA) is 33.1 Å². The molecule has 1 aromatic heterocycles. The van der Waals surface area contributed by atoms with Crippen LogP contribution >= 0.6 is 11.6 Å². The van der Waals surface area contributed by atoms with Crippen LogP contribution in [-0.2, 0) is 6.42 Å². The van der Waals surface area contributed by atoms with Crippen LogP contribution in [-0.4, -0.2) is 10.1 Å². The van der Waals surface area contributed by atoms with E-state index in [2.05, 4.69) is 18.0 Å². The highest BCUT2D eigenvalue weighted by Crippen LogP contribution is 2.26. The van der Waals surface area contributed by atoms with E-state index in [1.807, 2.05) is 18.2 Å². The number of aromatic nitrogens is 1. The lowest BCUT2D eigenvalue weighted by Gasteiger charge is -2.09. The number of benzene rings is 1. The molecule has 0 aliphatic carbocycles. The molecular formula is C13H14ClNO. The SMILES string of the molecule is CCc1ccc2nc(Cl)c([C@@H](C)O)cc2c1. The highest BCUT2D eigenvalue weighted by molar-refractivity contribution is 6.30. The summed E-state index contributed by atoms with van der Waals surface area (Å²) in [5.41, 5.74) is 2.81. The van der Waals surface area contributed by atoms with E-state index in [4.69, 9.17) is 11.6 Å². The quantitative estimate of drug-likeness (QED) is 0.809. The van der Waals surface area contributed by atoms with Crippen LogP contribution in [0.15, 0.2) is 24.3 Å². The summed E-state index contributed by atoms with van der Waals surface area (Å²) in [5.74, 6) is 0. The van der Waals surface area contributed by atoms with Crippen molar-refractivity contribution in [3.63, 3.8) is 0 Å². The molecule has 1 aromatic carbocycles. The van der Waals surface area contributed by atoms with E-state index in [0.717, 1.165) is 17.3 Å². The number of hydrogen-bond acceptors (Lipinski definition) is 2. The van der Waals surface area contributed by atoms with Crippen molar-refractivity contribution in [3.05, 3.63) is 40.5 Å². The Bertz CT molecular complexity index is 523. The van der Waals surface area contributed by atoms with Gasteiger partial charge in [-0.05, 0) is 37.1 Å². The molecule has 2 nitrogen and oxygen atoms in total. The molecule has 1 atom stereocenters. The van der Waals surface area contributed by atoms with Gasteiger partial charge in [-0.3, -0.25) is 0 Å². The van der Waals surface area contributed by atoms with Gasteiger partial charge in [-0.1, -0.05) is 24.6 Å². The standard InChI is InChI=1S/C13H14ClNO/c1-3-9-4-5-12-10(6-9)7-11(8(2)16)13(14)15-12/h4-8,16H,3H2,1-2H3/t8-/m1/s1. The Hall–Kier alpha value is -1.12. The van der Waals surface area contributed by atoms with Crippen molar-refractivity contribution in [3.8, 4) is 0 Å². The zero-order valence-electron chi connectivity index (χ0n) is 9.37. The number of fused-ring (bicyclic) bond motifs is 1. The molecule has 1 heterocycles. The summed E-state index contributed by atoms with van der Waals surface area (Å²) in [6, 6.07) is 8.01. The first-order valence-electron chi connectivity index (χ1n) is 5.39. The van der Waals surface area contributed by atoms with Gasteiger partial charge in [0.25, 0.3) is 0 Å². The van der Waals surface area contributed by atoms with Gasteiger partial charge in [0.05, 0.1) is 11.6 Å². The van der Waals surface area contributed by atoms with Gasteiger partial charge in [-0.15, -0.1) is 0 Å². The summed E-state index contributed by atoms with van der Waals surface area (Å²) in [5, 5.41) is 11.0. The first-order chi connectivity index (χ1) is 7.61. The first-order valence-corrected chi connectivity index (χ1v) is 5.76. The predicted molar refractivity (Wildman–Crippen MR) is 66.8 cm³/mol. The molecule has 1 N–H and O–H groups in total. The van der Waals surface area contributed by atoms with E-state index < -0.39 is 6.10 Å².